The van der Waals surface area contributed by atoms with Gasteiger partial charge in [-0.05, 0) is 23.3 Å². The van der Waals surface area contributed by atoms with Crippen LogP contribution < -0.4 is 0 Å². The highest BCUT2D eigenvalue weighted by Crippen LogP contribution is 2.24. The number of hydrogen-bond donors (Lipinski definition) is 1. The Hall–Kier alpha value is -2.40. The summed E-state index contributed by atoms with van der Waals surface area (Å²) >= 11 is 5.80. The van der Waals surface area contributed by atoms with Gasteiger partial charge in [0.15, 0.2) is 6.04 Å². The summed E-state index contributed by atoms with van der Waals surface area (Å²) in [6.45, 7) is 0.0898. The van der Waals surface area contributed by atoms with E-state index in [1.165, 1.54) is 0 Å². The smallest absolute Gasteiger partial charge is 0.332 e. The molecule has 0 fully saturated rings. The van der Waals surface area contributed by atoms with E-state index in [0.717, 1.165) is 10.6 Å². The number of rotatable bonds is 6. The molecule has 0 unspecified atom stereocenters. The molecule has 2 aromatic carbocycles. The summed E-state index contributed by atoms with van der Waals surface area (Å²) in [5.74, 6) is -1.13. The first kappa shape index (κ1) is 15.0. The molecule has 0 amide bonds. The molecule has 0 aromatic heterocycles. The Labute approximate surface area is 126 Å². The fourth-order valence-electron chi connectivity index (χ4n) is 2.02. The van der Waals surface area contributed by atoms with E-state index in [2.05, 4.69) is 5.29 Å². The SMILES string of the molecule is O=NN(Cc1ccc(Cl)cc1)[C@H](C(=O)O)c1ccccc1. The molecule has 1 atom stereocenters. The molecule has 108 valence electrons. The molecule has 0 spiro atoms. The molecule has 0 bridgehead atoms. The van der Waals surface area contributed by atoms with Crippen LogP contribution in [0, 0.1) is 4.91 Å². The zero-order valence-electron chi connectivity index (χ0n) is 11.0. The molecule has 0 aliphatic carbocycles. The van der Waals surface area contributed by atoms with E-state index >= 15 is 0 Å². The second-order valence-corrected chi connectivity index (χ2v) is 4.89. The maximum absolute atomic E-state index is 11.5. The summed E-state index contributed by atoms with van der Waals surface area (Å²) < 4.78 is 0. The molecule has 0 aliphatic heterocycles. The van der Waals surface area contributed by atoms with Crippen LogP contribution in [0.4, 0.5) is 0 Å². The summed E-state index contributed by atoms with van der Waals surface area (Å²) in [6, 6.07) is 14.2. The highest BCUT2D eigenvalue weighted by Gasteiger charge is 2.27. The van der Waals surface area contributed by atoms with Gasteiger partial charge in [0.1, 0.15) is 0 Å². The van der Waals surface area contributed by atoms with Gasteiger partial charge in [0.05, 0.1) is 11.8 Å². The first-order valence-electron chi connectivity index (χ1n) is 6.24. The lowest BCUT2D eigenvalue weighted by molar-refractivity contribution is -0.144. The summed E-state index contributed by atoms with van der Waals surface area (Å²) in [5.41, 5.74) is 1.25. The van der Waals surface area contributed by atoms with Crippen LogP contribution >= 0.6 is 11.6 Å². The summed E-state index contributed by atoms with van der Waals surface area (Å²) in [7, 11) is 0. The van der Waals surface area contributed by atoms with Crippen LogP contribution in [0.1, 0.15) is 17.2 Å². The predicted octanol–water partition coefficient (Wildman–Crippen LogP) is 3.65. The molecule has 5 nitrogen and oxygen atoms in total. The molecule has 0 aliphatic rings. The number of aliphatic carboxylic acids is 1. The molecule has 21 heavy (non-hydrogen) atoms. The number of carboxylic acid groups (broad SMARTS) is 1. The Balaban J connectivity index is 2.26. The molecule has 0 saturated carbocycles. The van der Waals surface area contributed by atoms with Gasteiger partial charge in [-0.3, -0.25) is 0 Å². The topological polar surface area (TPSA) is 70.0 Å². The van der Waals surface area contributed by atoms with Crippen molar-refractivity contribution >= 4 is 17.6 Å². The van der Waals surface area contributed by atoms with Crippen LogP contribution in [0.3, 0.4) is 0 Å². The Morgan fingerprint density at radius 1 is 1.14 bits per heavy atom. The third-order valence-electron chi connectivity index (χ3n) is 3.01. The van der Waals surface area contributed by atoms with Crippen molar-refractivity contribution < 1.29 is 9.90 Å². The van der Waals surface area contributed by atoms with Crippen molar-refractivity contribution in [2.75, 3.05) is 0 Å². The van der Waals surface area contributed by atoms with Gasteiger partial charge in [0.2, 0.25) is 0 Å². The standard InChI is InChI=1S/C15H13ClN2O3/c16-13-8-6-11(7-9-13)10-18(17-21)14(15(19)20)12-4-2-1-3-5-12/h1-9,14H,10H2,(H,19,20)/t14-/m0/s1. The first-order valence-corrected chi connectivity index (χ1v) is 6.61. The molecule has 1 N–H and O–H groups in total. The van der Waals surface area contributed by atoms with E-state index in [4.69, 9.17) is 11.6 Å². The minimum absolute atomic E-state index is 0.0898. The lowest BCUT2D eigenvalue weighted by Gasteiger charge is -2.23. The zero-order valence-corrected chi connectivity index (χ0v) is 11.8. The third-order valence-corrected chi connectivity index (χ3v) is 3.26. The van der Waals surface area contributed by atoms with E-state index in [-0.39, 0.29) is 6.54 Å². The quantitative estimate of drug-likeness (QED) is 0.653. The predicted molar refractivity (Wildman–Crippen MR) is 79.6 cm³/mol. The van der Waals surface area contributed by atoms with Crippen molar-refractivity contribution in [2.24, 2.45) is 5.29 Å². The summed E-state index contributed by atoms with van der Waals surface area (Å²) in [5, 5.41) is 13.8. The van der Waals surface area contributed by atoms with Crippen molar-refractivity contribution in [2.45, 2.75) is 12.6 Å². The van der Waals surface area contributed by atoms with Crippen LogP contribution in [-0.4, -0.2) is 16.1 Å². The number of benzene rings is 2. The van der Waals surface area contributed by atoms with E-state index < -0.39 is 12.0 Å². The van der Waals surface area contributed by atoms with Gasteiger partial charge >= 0.3 is 5.97 Å². The number of nitrogens with zero attached hydrogens (tertiary/aromatic N) is 2. The molecule has 2 aromatic rings. The molecular formula is C15H13ClN2O3. The largest absolute Gasteiger partial charge is 0.479 e. The van der Waals surface area contributed by atoms with Crippen molar-refractivity contribution in [1.82, 2.24) is 5.01 Å². The minimum atomic E-state index is -1.13. The molecule has 0 radical (unpaired) electrons. The number of hydrogen-bond acceptors (Lipinski definition) is 3. The summed E-state index contributed by atoms with van der Waals surface area (Å²) in [4.78, 5) is 22.6. The maximum atomic E-state index is 11.5. The average Bonchev–Trinajstić information content (AvgIpc) is 2.49. The highest BCUT2D eigenvalue weighted by atomic mass is 35.5. The van der Waals surface area contributed by atoms with Gasteiger partial charge in [0, 0.05) is 5.02 Å². The van der Waals surface area contributed by atoms with E-state index in [1.807, 2.05) is 0 Å². The van der Waals surface area contributed by atoms with Gasteiger partial charge in [-0.25, -0.2) is 9.80 Å². The van der Waals surface area contributed by atoms with Crippen LogP contribution in [0.2, 0.25) is 5.02 Å². The summed E-state index contributed by atoms with van der Waals surface area (Å²) in [6.07, 6.45) is 0. The molecule has 0 heterocycles. The Bertz CT molecular complexity index is 617. The Kier molecular flexibility index (Phi) is 4.90. The van der Waals surface area contributed by atoms with Gasteiger partial charge < -0.3 is 5.11 Å². The van der Waals surface area contributed by atoms with E-state index in [1.54, 1.807) is 54.6 Å². The van der Waals surface area contributed by atoms with Gasteiger partial charge in [-0.2, -0.15) is 0 Å². The van der Waals surface area contributed by atoms with Gasteiger partial charge in [0.25, 0.3) is 0 Å². The van der Waals surface area contributed by atoms with Crippen molar-refractivity contribution in [1.29, 1.82) is 0 Å². The van der Waals surface area contributed by atoms with Crippen LogP contribution in [0.25, 0.3) is 0 Å². The van der Waals surface area contributed by atoms with Gasteiger partial charge in [-0.15, -0.1) is 4.91 Å². The number of nitroso groups, excluding NO2 is 1. The fraction of sp³-hybridized carbons (Fsp3) is 0.133. The average molecular weight is 305 g/mol. The maximum Gasteiger partial charge on any atom is 0.332 e. The first-order chi connectivity index (χ1) is 10.1. The number of carboxylic acids is 1. The molecule has 2 rings (SSSR count). The van der Waals surface area contributed by atoms with Crippen LogP contribution in [0.15, 0.2) is 59.9 Å². The lowest BCUT2D eigenvalue weighted by atomic mass is 10.1. The van der Waals surface area contributed by atoms with E-state index in [0.29, 0.717) is 10.6 Å². The Morgan fingerprint density at radius 2 is 1.76 bits per heavy atom. The monoisotopic (exact) mass is 304 g/mol. The number of halogens is 1. The molecule has 0 saturated heterocycles. The zero-order chi connectivity index (χ0) is 15.2. The Morgan fingerprint density at radius 3 is 2.29 bits per heavy atom. The highest BCUT2D eigenvalue weighted by molar-refractivity contribution is 6.30. The second-order valence-electron chi connectivity index (χ2n) is 4.46. The molecule has 6 heteroatoms. The number of carbonyl (C=O) groups is 1. The normalized spacial score (nSPS) is 11.7. The van der Waals surface area contributed by atoms with Crippen LogP contribution in [0.5, 0.6) is 0 Å². The lowest BCUT2D eigenvalue weighted by Crippen LogP contribution is -2.29. The van der Waals surface area contributed by atoms with Crippen molar-refractivity contribution in [3.63, 3.8) is 0 Å². The molecular weight excluding hydrogens is 292 g/mol. The van der Waals surface area contributed by atoms with Gasteiger partial charge in [-0.1, -0.05) is 54.1 Å². The van der Waals surface area contributed by atoms with E-state index in [9.17, 15) is 14.8 Å². The second kappa shape index (κ2) is 6.85. The van der Waals surface area contributed by atoms with Crippen molar-refractivity contribution in [3.8, 4) is 0 Å². The minimum Gasteiger partial charge on any atom is -0.479 e. The van der Waals surface area contributed by atoms with Crippen molar-refractivity contribution in [3.05, 3.63) is 75.7 Å². The third kappa shape index (κ3) is 3.79. The van der Waals surface area contributed by atoms with Crippen LogP contribution in [-0.2, 0) is 11.3 Å². The fourth-order valence-corrected chi connectivity index (χ4v) is 2.15.